The Morgan fingerprint density at radius 3 is 2.52 bits per heavy atom. The molecule has 0 bridgehead atoms. The summed E-state index contributed by atoms with van der Waals surface area (Å²) in [6, 6.07) is 9.65. The lowest BCUT2D eigenvalue weighted by Gasteiger charge is -2.05. The lowest BCUT2D eigenvalue weighted by molar-refractivity contribution is -0.119. The second-order valence-electron chi connectivity index (χ2n) is 5.96. The molecule has 0 fully saturated rings. The number of nitrogens with one attached hydrogen (secondary N) is 2. The van der Waals surface area contributed by atoms with Crippen LogP contribution >= 0.6 is 22.7 Å². The van der Waals surface area contributed by atoms with Gasteiger partial charge in [-0.25, -0.2) is 4.98 Å². The summed E-state index contributed by atoms with van der Waals surface area (Å²) in [6.07, 6.45) is 0. The summed E-state index contributed by atoms with van der Waals surface area (Å²) in [6.45, 7) is 0.796. The standard InChI is InChI=1S/C19H17F2N3O3S2/c1-10-16(12-3-5-13(6-4-12)27-18(20)21)23-19(28-10)24-17(26)15-8-7-14(29-15)9-22-11(2)25/h3-8,18H,9H2,1-2H3,(H,22,25)(H,23,24,26). The van der Waals surface area contributed by atoms with Gasteiger partial charge < -0.3 is 10.1 Å². The smallest absolute Gasteiger partial charge is 0.387 e. The fourth-order valence-corrected chi connectivity index (χ4v) is 4.15. The van der Waals surface area contributed by atoms with E-state index < -0.39 is 6.61 Å². The van der Waals surface area contributed by atoms with E-state index in [9.17, 15) is 18.4 Å². The Labute approximate surface area is 173 Å². The maximum absolute atomic E-state index is 12.5. The zero-order valence-electron chi connectivity index (χ0n) is 15.5. The van der Waals surface area contributed by atoms with Crippen molar-refractivity contribution in [1.82, 2.24) is 10.3 Å². The molecule has 2 heterocycles. The van der Waals surface area contributed by atoms with Crippen molar-refractivity contribution in [3.8, 4) is 17.0 Å². The number of halogens is 2. The van der Waals surface area contributed by atoms with E-state index in [0.717, 1.165) is 15.3 Å². The van der Waals surface area contributed by atoms with Gasteiger partial charge in [-0.1, -0.05) is 0 Å². The van der Waals surface area contributed by atoms with Gasteiger partial charge in [0.25, 0.3) is 5.91 Å². The van der Waals surface area contributed by atoms with Crippen LogP contribution in [0.1, 0.15) is 26.3 Å². The molecule has 3 rings (SSSR count). The monoisotopic (exact) mass is 437 g/mol. The van der Waals surface area contributed by atoms with Crippen LogP contribution in [0, 0.1) is 6.92 Å². The number of thiophene rings is 1. The number of rotatable bonds is 7. The van der Waals surface area contributed by atoms with Gasteiger partial charge in [0.1, 0.15) is 5.75 Å². The molecule has 0 spiro atoms. The van der Waals surface area contributed by atoms with Crippen LogP contribution in [-0.4, -0.2) is 23.4 Å². The van der Waals surface area contributed by atoms with Crippen molar-refractivity contribution < 1.29 is 23.1 Å². The van der Waals surface area contributed by atoms with Crippen LogP contribution in [0.4, 0.5) is 13.9 Å². The average Bonchev–Trinajstić information content (AvgIpc) is 3.27. The minimum absolute atomic E-state index is 0.0675. The molecule has 6 nitrogen and oxygen atoms in total. The minimum atomic E-state index is -2.88. The molecule has 0 saturated carbocycles. The van der Waals surface area contributed by atoms with Crippen LogP contribution in [0.15, 0.2) is 36.4 Å². The molecule has 0 aliphatic heterocycles. The predicted octanol–water partition coefficient (Wildman–Crippen LogP) is 4.67. The molecule has 0 saturated heterocycles. The Hall–Kier alpha value is -2.85. The minimum Gasteiger partial charge on any atom is -0.435 e. The predicted molar refractivity (Wildman–Crippen MR) is 109 cm³/mol. The summed E-state index contributed by atoms with van der Waals surface area (Å²) in [4.78, 5) is 30.1. The maximum Gasteiger partial charge on any atom is 0.387 e. The van der Waals surface area contributed by atoms with Crippen LogP contribution in [0.5, 0.6) is 5.75 Å². The van der Waals surface area contributed by atoms with Gasteiger partial charge >= 0.3 is 6.61 Å². The van der Waals surface area contributed by atoms with Crippen molar-refractivity contribution in [3.05, 3.63) is 51.0 Å². The van der Waals surface area contributed by atoms with Crippen LogP contribution in [0.2, 0.25) is 0 Å². The highest BCUT2D eigenvalue weighted by molar-refractivity contribution is 7.16. The molecule has 10 heteroatoms. The van der Waals surface area contributed by atoms with Crippen molar-refractivity contribution in [2.24, 2.45) is 0 Å². The Kier molecular flexibility index (Phi) is 6.55. The van der Waals surface area contributed by atoms with E-state index in [0.29, 0.717) is 22.2 Å². The highest BCUT2D eigenvalue weighted by atomic mass is 32.1. The highest BCUT2D eigenvalue weighted by Crippen LogP contribution is 2.32. The lowest BCUT2D eigenvalue weighted by atomic mass is 10.1. The van der Waals surface area contributed by atoms with Crippen LogP contribution < -0.4 is 15.4 Å². The number of ether oxygens (including phenoxy) is 1. The second-order valence-corrected chi connectivity index (χ2v) is 8.33. The van der Waals surface area contributed by atoms with Gasteiger partial charge in [-0.15, -0.1) is 22.7 Å². The Bertz CT molecular complexity index is 1020. The van der Waals surface area contributed by atoms with Gasteiger partial charge in [-0.3, -0.25) is 14.9 Å². The van der Waals surface area contributed by atoms with E-state index in [1.807, 2.05) is 6.92 Å². The number of carbonyl (C=O) groups is 2. The largest absolute Gasteiger partial charge is 0.435 e. The first-order valence-corrected chi connectivity index (χ1v) is 10.1. The number of anilines is 1. The fourth-order valence-electron chi connectivity index (χ4n) is 2.48. The number of thiazole rings is 1. The number of benzene rings is 1. The molecule has 0 radical (unpaired) electrons. The van der Waals surface area contributed by atoms with E-state index in [-0.39, 0.29) is 17.6 Å². The number of hydrogen-bond acceptors (Lipinski definition) is 6. The maximum atomic E-state index is 12.5. The van der Waals surface area contributed by atoms with Crippen LogP contribution in [0.25, 0.3) is 11.3 Å². The topological polar surface area (TPSA) is 80.3 Å². The summed E-state index contributed by atoms with van der Waals surface area (Å²) in [7, 11) is 0. The van der Waals surface area contributed by atoms with E-state index in [2.05, 4.69) is 20.4 Å². The van der Waals surface area contributed by atoms with Crippen molar-refractivity contribution in [1.29, 1.82) is 0 Å². The molecule has 2 aromatic heterocycles. The first-order chi connectivity index (χ1) is 13.8. The molecule has 29 heavy (non-hydrogen) atoms. The normalized spacial score (nSPS) is 10.8. The molecule has 152 valence electrons. The second kappa shape index (κ2) is 9.10. The third-order valence-corrected chi connectivity index (χ3v) is 5.74. The SMILES string of the molecule is CC(=O)NCc1ccc(C(=O)Nc2nc(-c3ccc(OC(F)F)cc3)c(C)s2)s1. The first-order valence-electron chi connectivity index (χ1n) is 8.49. The quantitative estimate of drug-likeness (QED) is 0.563. The number of alkyl halides is 2. The Morgan fingerprint density at radius 1 is 1.14 bits per heavy atom. The van der Waals surface area contributed by atoms with Crippen LogP contribution in [0.3, 0.4) is 0 Å². The van der Waals surface area contributed by atoms with E-state index >= 15 is 0 Å². The van der Waals surface area contributed by atoms with Crippen molar-refractivity contribution in [2.75, 3.05) is 5.32 Å². The van der Waals surface area contributed by atoms with Crippen molar-refractivity contribution >= 4 is 39.6 Å². The van der Waals surface area contributed by atoms with Crippen molar-refractivity contribution in [2.45, 2.75) is 27.0 Å². The Morgan fingerprint density at radius 2 is 1.86 bits per heavy atom. The number of carbonyl (C=O) groups excluding carboxylic acids is 2. The van der Waals surface area contributed by atoms with Gasteiger partial charge in [0.2, 0.25) is 5.91 Å². The average molecular weight is 437 g/mol. The molecule has 2 amide bonds. The van der Waals surface area contributed by atoms with Gasteiger partial charge in [0.05, 0.1) is 17.1 Å². The van der Waals surface area contributed by atoms with Gasteiger partial charge in [0, 0.05) is 22.2 Å². The summed E-state index contributed by atoms with van der Waals surface area (Å²) >= 11 is 2.61. The summed E-state index contributed by atoms with van der Waals surface area (Å²) in [5.74, 6) is -0.355. The molecule has 0 aliphatic rings. The third kappa shape index (κ3) is 5.58. The molecule has 0 unspecified atom stereocenters. The summed E-state index contributed by atoms with van der Waals surface area (Å²) < 4.78 is 28.9. The first kappa shape index (κ1) is 20.9. The molecule has 2 N–H and O–H groups in total. The number of amides is 2. The van der Waals surface area contributed by atoms with E-state index in [1.54, 1.807) is 24.3 Å². The zero-order valence-corrected chi connectivity index (χ0v) is 17.1. The fraction of sp³-hybridized carbons (Fsp3) is 0.211. The summed E-state index contributed by atoms with van der Waals surface area (Å²) in [5.41, 5.74) is 1.39. The Balaban J connectivity index is 1.68. The number of aryl methyl sites for hydroxylation is 1. The molecule has 0 aliphatic carbocycles. The van der Waals surface area contributed by atoms with Gasteiger partial charge in [-0.2, -0.15) is 8.78 Å². The highest BCUT2D eigenvalue weighted by Gasteiger charge is 2.15. The summed E-state index contributed by atoms with van der Waals surface area (Å²) in [5, 5.41) is 5.90. The molecular weight excluding hydrogens is 420 g/mol. The number of aromatic nitrogens is 1. The molecular formula is C19H17F2N3O3S2. The molecule has 0 atom stereocenters. The zero-order chi connectivity index (χ0) is 21.0. The van der Waals surface area contributed by atoms with Crippen molar-refractivity contribution in [3.63, 3.8) is 0 Å². The van der Waals surface area contributed by atoms with Crippen LogP contribution in [-0.2, 0) is 11.3 Å². The van der Waals surface area contributed by atoms with Gasteiger partial charge in [-0.05, 0) is 43.3 Å². The van der Waals surface area contributed by atoms with E-state index in [4.69, 9.17) is 0 Å². The number of hydrogen-bond donors (Lipinski definition) is 2. The lowest BCUT2D eigenvalue weighted by Crippen LogP contribution is -2.18. The van der Waals surface area contributed by atoms with Gasteiger partial charge in [0.15, 0.2) is 5.13 Å². The molecule has 1 aromatic carbocycles. The number of nitrogens with zero attached hydrogens (tertiary/aromatic N) is 1. The molecule has 3 aromatic rings. The van der Waals surface area contributed by atoms with E-state index in [1.165, 1.54) is 41.7 Å². The third-order valence-electron chi connectivity index (χ3n) is 3.77.